The molecule has 4 rings (SSSR count). The van der Waals surface area contributed by atoms with E-state index in [0.29, 0.717) is 44.1 Å². The van der Waals surface area contributed by atoms with E-state index in [1.54, 1.807) is 6.07 Å². The van der Waals surface area contributed by atoms with Gasteiger partial charge >= 0.3 is 6.01 Å². The predicted octanol–water partition coefficient (Wildman–Crippen LogP) is 2.01. The zero-order valence-electron chi connectivity index (χ0n) is 15.1. The van der Waals surface area contributed by atoms with Gasteiger partial charge in [-0.3, -0.25) is 0 Å². The molecule has 2 aromatic rings. The van der Waals surface area contributed by atoms with E-state index in [1.807, 2.05) is 0 Å². The highest BCUT2D eigenvalue weighted by Gasteiger charge is 2.32. The summed E-state index contributed by atoms with van der Waals surface area (Å²) >= 11 is 0. The van der Waals surface area contributed by atoms with Gasteiger partial charge in [0, 0.05) is 19.0 Å². The summed E-state index contributed by atoms with van der Waals surface area (Å²) in [5.41, 5.74) is 0. The van der Waals surface area contributed by atoms with Gasteiger partial charge in [-0.25, -0.2) is 22.8 Å². The van der Waals surface area contributed by atoms with E-state index in [9.17, 15) is 12.8 Å². The summed E-state index contributed by atoms with van der Waals surface area (Å²) in [5.74, 6) is 0.419. The van der Waals surface area contributed by atoms with Crippen molar-refractivity contribution in [3.05, 3.63) is 36.4 Å². The van der Waals surface area contributed by atoms with E-state index in [-0.39, 0.29) is 17.5 Å². The first-order chi connectivity index (χ1) is 13.5. The number of hydrogen-bond donors (Lipinski definition) is 0. The van der Waals surface area contributed by atoms with Gasteiger partial charge in [-0.05, 0) is 25.0 Å². The number of hydrogen-bond acceptors (Lipinski definition) is 7. The van der Waals surface area contributed by atoms with Crippen LogP contribution in [0, 0.1) is 5.82 Å². The standard InChI is InChI=1S/C18H20FN3O5S/c19-13-10-20-18(21-11-13)27-14-3-1-6-22(12-14)28(23,24)15-4-5-16-17(9-15)26-8-2-7-25-16/h4-5,9-11,14H,1-3,6-8,12H2. The Kier molecular flexibility index (Phi) is 5.31. The van der Waals surface area contributed by atoms with Crippen molar-refractivity contribution in [2.24, 2.45) is 0 Å². The van der Waals surface area contributed by atoms with Crippen molar-refractivity contribution in [2.75, 3.05) is 26.3 Å². The van der Waals surface area contributed by atoms with Crippen LogP contribution in [0.3, 0.4) is 0 Å². The molecule has 0 aliphatic carbocycles. The molecule has 1 aromatic heterocycles. The molecule has 0 N–H and O–H groups in total. The number of ether oxygens (including phenoxy) is 3. The van der Waals surface area contributed by atoms with Crippen molar-refractivity contribution in [1.82, 2.24) is 14.3 Å². The van der Waals surface area contributed by atoms with E-state index in [0.717, 1.165) is 18.8 Å². The van der Waals surface area contributed by atoms with Crippen LogP contribution in [0.2, 0.25) is 0 Å². The molecule has 0 bridgehead atoms. The summed E-state index contributed by atoms with van der Waals surface area (Å²) in [7, 11) is -3.72. The Morgan fingerprint density at radius 2 is 1.86 bits per heavy atom. The molecule has 2 aliphatic heterocycles. The van der Waals surface area contributed by atoms with Crippen LogP contribution in [0.1, 0.15) is 19.3 Å². The average molecular weight is 409 g/mol. The van der Waals surface area contributed by atoms with Gasteiger partial charge in [-0.15, -0.1) is 0 Å². The maximum Gasteiger partial charge on any atom is 0.316 e. The van der Waals surface area contributed by atoms with E-state index < -0.39 is 21.9 Å². The molecule has 0 spiro atoms. The molecule has 0 amide bonds. The minimum absolute atomic E-state index is 0.0289. The maximum atomic E-state index is 13.1. The van der Waals surface area contributed by atoms with Gasteiger partial charge in [0.15, 0.2) is 17.3 Å². The van der Waals surface area contributed by atoms with Crippen molar-refractivity contribution in [3.8, 4) is 17.5 Å². The molecule has 1 saturated heterocycles. The summed E-state index contributed by atoms with van der Waals surface area (Å²) in [6, 6.07) is 4.68. The Morgan fingerprint density at radius 3 is 2.64 bits per heavy atom. The number of benzene rings is 1. The molecule has 2 aliphatic rings. The number of fused-ring (bicyclic) bond motifs is 1. The minimum Gasteiger partial charge on any atom is -0.490 e. The molecular weight excluding hydrogens is 389 g/mol. The highest BCUT2D eigenvalue weighted by molar-refractivity contribution is 7.89. The van der Waals surface area contributed by atoms with Gasteiger partial charge in [-0.2, -0.15) is 4.31 Å². The van der Waals surface area contributed by atoms with Crippen LogP contribution < -0.4 is 14.2 Å². The van der Waals surface area contributed by atoms with Crippen LogP contribution in [0.25, 0.3) is 0 Å². The van der Waals surface area contributed by atoms with E-state index >= 15 is 0 Å². The number of rotatable bonds is 4. The van der Waals surface area contributed by atoms with Gasteiger partial charge in [0.25, 0.3) is 0 Å². The smallest absolute Gasteiger partial charge is 0.316 e. The number of aromatic nitrogens is 2. The molecule has 1 aromatic carbocycles. The summed E-state index contributed by atoms with van der Waals surface area (Å²) in [6.45, 7) is 1.57. The lowest BCUT2D eigenvalue weighted by Crippen LogP contribution is -2.44. The van der Waals surface area contributed by atoms with Crippen molar-refractivity contribution < 1.29 is 27.0 Å². The highest BCUT2D eigenvalue weighted by atomic mass is 32.2. The fourth-order valence-electron chi connectivity index (χ4n) is 3.18. The summed E-state index contributed by atoms with van der Waals surface area (Å²) in [4.78, 5) is 7.68. The first-order valence-corrected chi connectivity index (χ1v) is 10.5. The maximum absolute atomic E-state index is 13.1. The van der Waals surface area contributed by atoms with Gasteiger partial charge in [0.05, 0.1) is 37.0 Å². The predicted molar refractivity (Wildman–Crippen MR) is 96.4 cm³/mol. The van der Waals surface area contributed by atoms with Crippen molar-refractivity contribution in [2.45, 2.75) is 30.3 Å². The molecule has 28 heavy (non-hydrogen) atoms. The van der Waals surface area contributed by atoms with Crippen LogP contribution in [0.4, 0.5) is 4.39 Å². The Labute approximate surface area is 162 Å². The third-order valence-corrected chi connectivity index (χ3v) is 6.43. The molecule has 0 radical (unpaired) electrons. The first kappa shape index (κ1) is 18.9. The quantitative estimate of drug-likeness (QED) is 0.763. The third-order valence-electron chi connectivity index (χ3n) is 4.57. The van der Waals surface area contributed by atoms with E-state index in [4.69, 9.17) is 14.2 Å². The van der Waals surface area contributed by atoms with Crippen molar-refractivity contribution >= 4 is 10.0 Å². The van der Waals surface area contributed by atoms with Gasteiger partial charge in [-0.1, -0.05) is 0 Å². The molecule has 150 valence electrons. The van der Waals surface area contributed by atoms with E-state index in [1.165, 1.54) is 16.4 Å². The number of piperidine rings is 1. The molecule has 1 atom stereocenters. The highest BCUT2D eigenvalue weighted by Crippen LogP contribution is 2.33. The SMILES string of the molecule is O=S(=O)(c1ccc2c(c1)OCCCO2)N1CCCC(Oc2ncc(F)cn2)C1. The lowest BCUT2D eigenvalue weighted by atomic mass is 10.1. The normalized spacial score (nSPS) is 20.4. The lowest BCUT2D eigenvalue weighted by molar-refractivity contribution is 0.119. The number of nitrogens with zero attached hydrogens (tertiary/aromatic N) is 3. The molecule has 1 fully saturated rings. The molecule has 8 nitrogen and oxygen atoms in total. The molecule has 1 unspecified atom stereocenters. The van der Waals surface area contributed by atoms with Crippen LogP contribution in [-0.4, -0.2) is 55.1 Å². The second-order valence-corrected chi connectivity index (χ2v) is 8.53. The lowest BCUT2D eigenvalue weighted by Gasteiger charge is -2.31. The third kappa shape index (κ3) is 4.02. The fourth-order valence-corrected chi connectivity index (χ4v) is 4.71. The molecule has 3 heterocycles. The van der Waals surface area contributed by atoms with Crippen LogP contribution in [0.15, 0.2) is 35.5 Å². The number of sulfonamides is 1. The fraction of sp³-hybridized carbons (Fsp3) is 0.444. The van der Waals surface area contributed by atoms with Crippen LogP contribution in [-0.2, 0) is 10.0 Å². The van der Waals surface area contributed by atoms with Gasteiger partial charge in [0.1, 0.15) is 6.10 Å². The Hall–Kier alpha value is -2.46. The molecule has 0 saturated carbocycles. The largest absolute Gasteiger partial charge is 0.490 e. The summed E-state index contributed by atoms with van der Waals surface area (Å²) in [5, 5.41) is 0. The Bertz CT molecular complexity index is 939. The average Bonchev–Trinajstić information content (AvgIpc) is 2.95. The second kappa shape index (κ2) is 7.88. The topological polar surface area (TPSA) is 90.9 Å². The van der Waals surface area contributed by atoms with Crippen molar-refractivity contribution in [1.29, 1.82) is 0 Å². The second-order valence-electron chi connectivity index (χ2n) is 6.59. The zero-order chi connectivity index (χ0) is 19.6. The van der Waals surface area contributed by atoms with Gasteiger partial charge < -0.3 is 14.2 Å². The first-order valence-electron chi connectivity index (χ1n) is 9.06. The zero-order valence-corrected chi connectivity index (χ0v) is 15.9. The molecular formula is C18H20FN3O5S. The number of halogens is 1. The minimum atomic E-state index is -3.72. The Balaban J connectivity index is 1.50. The summed E-state index contributed by atoms with van der Waals surface area (Å²) in [6.07, 6.45) is 3.65. The Morgan fingerprint density at radius 1 is 1.11 bits per heavy atom. The van der Waals surface area contributed by atoms with Crippen LogP contribution >= 0.6 is 0 Å². The summed E-state index contributed by atoms with van der Waals surface area (Å²) < 4.78 is 57.3. The monoisotopic (exact) mass is 409 g/mol. The molecule has 10 heteroatoms. The van der Waals surface area contributed by atoms with Crippen LogP contribution in [0.5, 0.6) is 17.5 Å². The van der Waals surface area contributed by atoms with E-state index in [2.05, 4.69) is 9.97 Å². The van der Waals surface area contributed by atoms with Gasteiger partial charge in [0.2, 0.25) is 10.0 Å². The van der Waals surface area contributed by atoms with Crippen molar-refractivity contribution in [3.63, 3.8) is 0 Å².